The van der Waals surface area contributed by atoms with E-state index in [-0.39, 0.29) is 5.91 Å². The van der Waals surface area contributed by atoms with Gasteiger partial charge in [0.2, 0.25) is 5.91 Å². The van der Waals surface area contributed by atoms with Crippen LogP contribution in [0.5, 0.6) is 0 Å². The molecule has 1 aliphatic heterocycles. The van der Waals surface area contributed by atoms with Crippen LogP contribution in [0.4, 0.5) is 5.82 Å². The Kier molecular flexibility index (Phi) is 5.40. The number of nitrogens with zero attached hydrogens (tertiary/aromatic N) is 5. The van der Waals surface area contributed by atoms with Gasteiger partial charge in [-0.25, -0.2) is 9.97 Å². The summed E-state index contributed by atoms with van der Waals surface area (Å²) >= 11 is 0. The number of anilines is 1. The van der Waals surface area contributed by atoms with Crippen molar-refractivity contribution >= 4 is 22.6 Å². The average molecular weight is 378 g/mol. The minimum atomic E-state index is 0.184. The first-order valence-corrected chi connectivity index (χ1v) is 10.0. The SMILES string of the molecule is CC(=O)N1CCN(C2CCC(Nc3ncnc4ccc(C#N)cc34)CC2)CC1. The number of carbonyl (C=O) groups is 1. The molecule has 0 atom stereocenters. The van der Waals surface area contributed by atoms with Crippen molar-refractivity contribution in [3.05, 3.63) is 30.1 Å². The Labute approximate surface area is 165 Å². The second-order valence-corrected chi connectivity index (χ2v) is 7.76. The van der Waals surface area contributed by atoms with Crippen molar-refractivity contribution < 1.29 is 4.79 Å². The van der Waals surface area contributed by atoms with Crippen molar-refractivity contribution in [1.82, 2.24) is 19.8 Å². The highest BCUT2D eigenvalue weighted by Crippen LogP contribution is 2.28. The third kappa shape index (κ3) is 3.92. The zero-order valence-electron chi connectivity index (χ0n) is 16.3. The molecule has 146 valence electrons. The second-order valence-electron chi connectivity index (χ2n) is 7.76. The molecule has 1 amide bonds. The van der Waals surface area contributed by atoms with Gasteiger partial charge in [0.1, 0.15) is 12.1 Å². The van der Waals surface area contributed by atoms with Crippen LogP contribution in [0, 0.1) is 11.3 Å². The molecule has 1 aromatic carbocycles. The van der Waals surface area contributed by atoms with E-state index in [1.165, 1.54) is 0 Å². The second kappa shape index (κ2) is 8.11. The van der Waals surface area contributed by atoms with Crippen LogP contribution in [0.3, 0.4) is 0 Å². The number of nitrogens with one attached hydrogen (secondary N) is 1. The van der Waals surface area contributed by atoms with Crippen LogP contribution in [-0.2, 0) is 4.79 Å². The van der Waals surface area contributed by atoms with Crippen molar-refractivity contribution in [2.24, 2.45) is 0 Å². The molecule has 2 aliphatic rings. The Morgan fingerprint density at radius 2 is 1.89 bits per heavy atom. The Balaban J connectivity index is 1.36. The maximum absolute atomic E-state index is 11.5. The van der Waals surface area contributed by atoms with E-state index >= 15 is 0 Å². The van der Waals surface area contributed by atoms with E-state index in [1.54, 1.807) is 19.3 Å². The molecule has 2 heterocycles. The maximum Gasteiger partial charge on any atom is 0.219 e. The van der Waals surface area contributed by atoms with Gasteiger partial charge in [0.05, 0.1) is 17.1 Å². The highest BCUT2D eigenvalue weighted by molar-refractivity contribution is 5.89. The van der Waals surface area contributed by atoms with Crippen LogP contribution >= 0.6 is 0 Å². The molecule has 0 unspecified atom stereocenters. The van der Waals surface area contributed by atoms with Gasteiger partial charge in [-0.2, -0.15) is 5.26 Å². The van der Waals surface area contributed by atoms with Gasteiger partial charge in [-0.1, -0.05) is 0 Å². The molecular weight excluding hydrogens is 352 g/mol. The smallest absolute Gasteiger partial charge is 0.219 e. The third-order valence-corrected chi connectivity index (χ3v) is 6.08. The van der Waals surface area contributed by atoms with E-state index in [0.717, 1.165) is 68.6 Å². The molecule has 0 radical (unpaired) electrons. The van der Waals surface area contributed by atoms with Crippen molar-refractivity contribution in [2.45, 2.75) is 44.7 Å². The summed E-state index contributed by atoms with van der Waals surface area (Å²) in [6.07, 6.45) is 6.09. The standard InChI is InChI=1S/C21H26N6O/c1-15(28)26-8-10-27(11-9-26)18-5-3-17(4-6-18)25-21-19-12-16(13-22)2-7-20(19)23-14-24-21/h2,7,12,14,17-18H,3-6,8-11H2,1H3,(H,23,24,25). The number of hydrogen-bond donors (Lipinski definition) is 1. The molecule has 1 saturated carbocycles. The molecule has 0 spiro atoms. The predicted octanol–water partition coefficient (Wildman–Crippen LogP) is 2.39. The molecular formula is C21H26N6O. The fraction of sp³-hybridized carbons (Fsp3) is 0.524. The van der Waals surface area contributed by atoms with Gasteiger partial charge in [0.25, 0.3) is 0 Å². The summed E-state index contributed by atoms with van der Waals surface area (Å²) in [5, 5.41) is 13.7. The van der Waals surface area contributed by atoms with E-state index in [9.17, 15) is 10.1 Å². The van der Waals surface area contributed by atoms with E-state index in [0.29, 0.717) is 17.6 Å². The number of benzene rings is 1. The van der Waals surface area contributed by atoms with Crippen molar-refractivity contribution in [3.63, 3.8) is 0 Å². The van der Waals surface area contributed by atoms with Crippen LogP contribution in [0.2, 0.25) is 0 Å². The molecule has 7 nitrogen and oxygen atoms in total. The third-order valence-electron chi connectivity index (χ3n) is 6.08. The van der Waals surface area contributed by atoms with E-state index in [2.05, 4.69) is 26.3 Å². The summed E-state index contributed by atoms with van der Waals surface area (Å²) in [7, 11) is 0. The highest BCUT2D eigenvalue weighted by Gasteiger charge is 2.29. The monoisotopic (exact) mass is 378 g/mol. The van der Waals surface area contributed by atoms with Crippen molar-refractivity contribution in [1.29, 1.82) is 5.26 Å². The molecule has 1 aromatic heterocycles. The molecule has 1 N–H and O–H groups in total. The van der Waals surface area contributed by atoms with Gasteiger partial charge in [0.15, 0.2) is 0 Å². The van der Waals surface area contributed by atoms with E-state index in [1.807, 2.05) is 17.0 Å². The lowest BCUT2D eigenvalue weighted by atomic mass is 9.89. The minimum Gasteiger partial charge on any atom is -0.367 e. The summed E-state index contributed by atoms with van der Waals surface area (Å²) in [6, 6.07) is 8.71. The number of fused-ring (bicyclic) bond motifs is 1. The molecule has 4 rings (SSSR count). The first kappa shape index (κ1) is 18.6. The van der Waals surface area contributed by atoms with Crippen LogP contribution in [-0.4, -0.2) is 63.9 Å². The minimum absolute atomic E-state index is 0.184. The summed E-state index contributed by atoms with van der Waals surface area (Å²) in [6.45, 7) is 5.32. The van der Waals surface area contributed by atoms with Gasteiger partial charge in [-0.15, -0.1) is 0 Å². The number of amides is 1. The molecule has 0 bridgehead atoms. The Bertz CT molecular complexity index is 891. The number of aromatic nitrogens is 2. The molecule has 7 heteroatoms. The largest absolute Gasteiger partial charge is 0.367 e. The predicted molar refractivity (Wildman–Crippen MR) is 108 cm³/mol. The van der Waals surface area contributed by atoms with Crippen LogP contribution < -0.4 is 5.32 Å². The molecule has 1 aliphatic carbocycles. The lowest BCUT2D eigenvalue weighted by Gasteiger charge is -2.42. The molecule has 28 heavy (non-hydrogen) atoms. The Morgan fingerprint density at radius 3 is 2.57 bits per heavy atom. The van der Waals surface area contributed by atoms with Gasteiger partial charge in [0, 0.05) is 50.6 Å². The summed E-state index contributed by atoms with van der Waals surface area (Å²) < 4.78 is 0. The van der Waals surface area contributed by atoms with Gasteiger partial charge < -0.3 is 10.2 Å². The van der Waals surface area contributed by atoms with Crippen molar-refractivity contribution in [2.75, 3.05) is 31.5 Å². The maximum atomic E-state index is 11.5. The number of hydrogen-bond acceptors (Lipinski definition) is 6. The lowest BCUT2D eigenvalue weighted by Crippen LogP contribution is -2.52. The Morgan fingerprint density at radius 1 is 1.14 bits per heavy atom. The van der Waals surface area contributed by atoms with Crippen molar-refractivity contribution in [3.8, 4) is 6.07 Å². The average Bonchev–Trinajstić information content (AvgIpc) is 2.74. The topological polar surface area (TPSA) is 85.2 Å². The van der Waals surface area contributed by atoms with E-state index < -0.39 is 0 Å². The zero-order chi connectivity index (χ0) is 19.5. The Hall–Kier alpha value is -2.72. The number of carbonyl (C=O) groups excluding carboxylic acids is 1. The van der Waals surface area contributed by atoms with Gasteiger partial charge >= 0.3 is 0 Å². The van der Waals surface area contributed by atoms with Crippen LogP contribution in [0.1, 0.15) is 38.2 Å². The van der Waals surface area contributed by atoms with Crippen LogP contribution in [0.25, 0.3) is 10.9 Å². The zero-order valence-corrected chi connectivity index (χ0v) is 16.3. The number of nitriles is 1. The first-order valence-electron chi connectivity index (χ1n) is 10.0. The lowest BCUT2D eigenvalue weighted by molar-refractivity contribution is -0.131. The summed E-state index contributed by atoms with van der Waals surface area (Å²) in [5.41, 5.74) is 1.48. The first-order chi connectivity index (χ1) is 13.6. The molecule has 2 aromatic rings. The summed E-state index contributed by atoms with van der Waals surface area (Å²) in [4.78, 5) is 24.7. The van der Waals surface area contributed by atoms with Gasteiger partial charge in [-0.3, -0.25) is 9.69 Å². The number of piperazine rings is 1. The molecule has 2 fully saturated rings. The number of rotatable bonds is 3. The van der Waals surface area contributed by atoms with Gasteiger partial charge in [-0.05, 0) is 43.9 Å². The van der Waals surface area contributed by atoms with Crippen LogP contribution in [0.15, 0.2) is 24.5 Å². The quantitative estimate of drug-likeness (QED) is 0.883. The molecule has 1 saturated heterocycles. The fourth-order valence-electron chi connectivity index (χ4n) is 4.42. The normalized spacial score (nSPS) is 23.4. The fourth-order valence-corrected chi connectivity index (χ4v) is 4.42. The highest BCUT2D eigenvalue weighted by atomic mass is 16.2. The summed E-state index contributed by atoms with van der Waals surface area (Å²) in [5.74, 6) is 1.00. The van der Waals surface area contributed by atoms with E-state index in [4.69, 9.17) is 0 Å².